The number of nitrogens with one attached hydrogen (secondary N) is 1. The van der Waals surface area contributed by atoms with Crippen LogP contribution in [0.15, 0.2) is 24.3 Å². The minimum Gasteiger partial charge on any atom is -0.337 e. The molecule has 1 N–H and O–H groups in total. The number of rotatable bonds is 5. The molecule has 3 heteroatoms. The van der Waals surface area contributed by atoms with E-state index in [9.17, 15) is 4.79 Å². The third-order valence-corrected chi connectivity index (χ3v) is 3.59. The molecule has 0 unspecified atom stereocenters. The Labute approximate surface area is 109 Å². The first-order chi connectivity index (χ1) is 8.72. The summed E-state index contributed by atoms with van der Waals surface area (Å²) in [6.07, 6.45) is 1.55. The summed E-state index contributed by atoms with van der Waals surface area (Å²) < 4.78 is 0. The number of amides is 1. The SMILES string of the molecule is CCCN(C(=O)Cc1ccccc1C)C1CNC1. The van der Waals surface area contributed by atoms with E-state index in [0.717, 1.165) is 31.6 Å². The van der Waals surface area contributed by atoms with E-state index < -0.39 is 0 Å². The number of carbonyl (C=O) groups excluding carboxylic acids is 1. The first kappa shape index (κ1) is 13.1. The number of aryl methyl sites for hydroxylation is 1. The van der Waals surface area contributed by atoms with E-state index in [1.165, 1.54) is 5.56 Å². The van der Waals surface area contributed by atoms with Gasteiger partial charge in [0.2, 0.25) is 5.91 Å². The van der Waals surface area contributed by atoms with E-state index in [-0.39, 0.29) is 5.91 Å². The van der Waals surface area contributed by atoms with Gasteiger partial charge in [0, 0.05) is 19.6 Å². The van der Waals surface area contributed by atoms with E-state index in [4.69, 9.17) is 0 Å². The second-order valence-electron chi connectivity index (χ2n) is 5.00. The lowest BCUT2D eigenvalue weighted by atomic mass is 10.0. The quantitative estimate of drug-likeness (QED) is 0.858. The van der Waals surface area contributed by atoms with Crippen LogP contribution < -0.4 is 5.32 Å². The number of hydrogen-bond donors (Lipinski definition) is 1. The summed E-state index contributed by atoms with van der Waals surface area (Å²) in [6, 6.07) is 8.54. The van der Waals surface area contributed by atoms with Crippen molar-refractivity contribution in [3.63, 3.8) is 0 Å². The van der Waals surface area contributed by atoms with Crippen LogP contribution >= 0.6 is 0 Å². The molecule has 3 nitrogen and oxygen atoms in total. The van der Waals surface area contributed by atoms with Crippen molar-refractivity contribution in [3.05, 3.63) is 35.4 Å². The van der Waals surface area contributed by atoms with Gasteiger partial charge >= 0.3 is 0 Å². The van der Waals surface area contributed by atoms with Crippen molar-refractivity contribution in [2.45, 2.75) is 32.7 Å². The molecule has 0 atom stereocenters. The molecule has 1 aliphatic heterocycles. The zero-order valence-corrected chi connectivity index (χ0v) is 11.3. The van der Waals surface area contributed by atoms with Crippen LogP contribution in [0.4, 0.5) is 0 Å². The van der Waals surface area contributed by atoms with Crippen molar-refractivity contribution in [2.24, 2.45) is 0 Å². The second kappa shape index (κ2) is 6.01. The monoisotopic (exact) mass is 246 g/mol. The number of benzene rings is 1. The summed E-state index contributed by atoms with van der Waals surface area (Å²) in [5.74, 6) is 0.262. The molecule has 1 aliphatic rings. The van der Waals surface area contributed by atoms with Crippen molar-refractivity contribution in [1.82, 2.24) is 10.2 Å². The molecule has 0 bridgehead atoms. The average molecular weight is 246 g/mol. The Morgan fingerprint density at radius 1 is 1.39 bits per heavy atom. The number of carbonyl (C=O) groups is 1. The summed E-state index contributed by atoms with van der Waals surface area (Å²) in [7, 11) is 0. The maximum absolute atomic E-state index is 12.4. The third-order valence-electron chi connectivity index (χ3n) is 3.59. The van der Waals surface area contributed by atoms with Gasteiger partial charge in [0.05, 0.1) is 12.5 Å². The number of nitrogens with zero attached hydrogens (tertiary/aromatic N) is 1. The first-order valence-electron chi connectivity index (χ1n) is 6.77. The third kappa shape index (κ3) is 2.91. The van der Waals surface area contributed by atoms with Crippen molar-refractivity contribution in [1.29, 1.82) is 0 Å². The van der Waals surface area contributed by atoms with Crippen LogP contribution in [0.25, 0.3) is 0 Å². The van der Waals surface area contributed by atoms with E-state index in [1.807, 2.05) is 17.0 Å². The van der Waals surface area contributed by atoms with Crippen LogP contribution in [0.5, 0.6) is 0 Å². The van der Waals surface area contributed by atoms with Crippen molar-refractivity contribution in [2.75, 3.05) is 19.6 Å². The maximum atomic E-state index is 12.4. The first-order valence-corrected chi connectivity index (χ1v) is 6.77. The highest BCUT2D eigenvalue weighted by Gasteiger charge is 2.27. The van der Waals surface area contributed by atoms with Gasteiger partial charge in [0.1, 0.15) is 0 Å². The topological polar surface area (TPSA) is 32.3 Å². The van der Waals surface area contributed by atoms with Crippen LogP contribution in [-0.2, 0) is 11.2 Å². The number of hydrogen-bond acceptors (Lipinski definition) is 2. The van der Waals surface area contributed by atoms with Gasteiger partial charge in [-0.05, 0) is 24.5 Å². The molecule has 0 aromatic heterocycles. The van der Waals surface area contributed by atoms with E-state index in [2.05, 4.69) is 31.3 Å². The fourth-order valence-electron chi connectivity index (χ4n) is 2.32. The molecule has 1 aromatic carbocycles. The highest BCUT2D eigenvalue weighted by molar-refractivity contribution is 5.79. The molecular weight excluding hydrogens is 224 g/mol. The molecule has 1 amide bonds. The molecule has 2 rings (SSSR count). The lowest BCUT2D eigenvalue weighted by molar-refractivity contribution is -0.133. The van der Waals surface area contributed by atoms with E-state index in [1.54, 1.807) is 0 Å². The highest BCUT2D eigenvalue weighted by atomic mass is 16.2. The Hall–Kier alpha value is -1.35. The fraction of sp³-hybridized carbons (Fsp3) is 0.533. The van der Waals surface area contributed by atoms with Gasteiger partial charge in [-0.15, -0.1) is 0 Å². The Balaban J connectivity index is 2.02. The molecule has 0 radical (unpaired) electrons. The van der Waals surface area contributed by atoms with Gasteiger partial charge in [-0.25, -0.2) is 0 Å². The molecular formula is C15H22N2O. The summed E-state index contributed by atoms with van der Waals surface area (Å²) in [5, 5.41) is 3.24. The van der Waals surface area contributed by atoms with Crippen LogP contribution in [0.2, 0.25) is 0 Å². The molecule has 18 heavy (non-hydrogen) atoms. The summed E-state index contributed by atoms with van der Waals surface area (Å²) in [4.78, 5) is 14.4. The van der Waals surface area contributed by atoms with E-state index in [0.29, 0.717) is 12.5 Å². The smallest absolute Gasteiger partial charge is 0.227 e. The van der Waals surface area contributed by atoms with Gasteiger partial charge < -0.3 is 10.2 Å². The minimum atomic E-state index is 0.262. The Kier molecular flexibility index (Phi) is 4.37. The molecule has 1 saturated heterocycles. The minimum absolute atomic E-state index is 0.262. The van der Waals surface area contributed by atoms with Crippen LogP contribution in [0.3, 0.4) is 0 Å². The zero-order valence-electron chi connectivity index (χ0n) is 11.3. The molecule has 1 fully saturated rings. The Bertz CT molecular complexity index is 413. The fourth-order valence-corrected chi connectivity index (χ4v) is 2.32. The second-order valence-corrected chi connectivity index (χ2v) is 5.00. The average Bonchev–Trinajstić information content (AvgIpc) is 2.29. The molecule has 1 aromatic rings. The molecule has 98 valence electrons. The zero-order chi connectivity index (χ0) is 13.0. The Morgan fingerprint density at radius 2 is 2.11 bits per heavy atom. The summed E-state index contributed by atoms with van der Waals surface area (Å²) in [5.41, 5.74) is 2.35. The largest absolute Gasteiger partial charge is 0.337 e. The maximum Gasteiger partial charge on any atom is 0.227 e. The highest BCUT2D eigenvalue weighted by Crippen LogP contribution is 2.13. The Morgan fingerprint density at radius 3 is 2.67 bits per heavy atom. The lowest BCUT2D eigenvalue weighted by Gasteiger charge is -2.38. The molecule has 0 aliphatic carbocycles. The van der Waals surface area contributed by atoms with E-state index >= 15 is 0 Å². The van der Waals surface area contributed by atoms with Crippen LogP contribution in [0, 0.1) is 6.92 Å². The molecule has 0 spiro atoms. The predicted octanol–water partition coefficient (Wildman–Crippen LogP) is 1.75. The van der Waals surface area contributed by atoms with Crippen molar-refractivity contribution >= 4 is 5.91 Å². The standard InChI is InChI=1S/C15H22N2O/c1-3-8-17(14-10-16-11-14)15(18)9-13-7-5-4-6-12(13)2/h4-7,14,16H,3,8-11H2,1-2H3. The normalized spacial score (nSPS) is 15.2. The molecule has 0 saturated carbocycles. The van der Waals surface area contributed by atoms with Gasteiger partial charge in [-0.2, -0.15) is 0 Å². The van der Waals surface area contributed by atoms with Gasteiger partial charge in [-0.3, -0.25) is 4.79 Å². The summed E-state index contributed by atoms with van der Waals surface area (Å²) in [6.45, 7) is 6.95. The molecule has 1 heterocycles. The summed E-state index contributed by atoms with van der Waals surface area (Å²) >= 11 is 0. The van der Waals surface area contributed by atoms with Gasteiger partial charge in [0.15, 0.2) is 0 Å². The van der Waals surface area contributed by atoms with Crippen molar-refractivity contribution in [3.8, 4) is 0 Å². The predicted molar refractivity (Wildman–Crippen MR) is 73.5 cm³/mol. The van der Waals surface area contributed by atoms with Crippen LogP contribution in [0.1, 0.15) is 24.5 Å². The van der Waals surface area contributed by atoms with Crippen molar-refractivity contribution < 1.29 is 4.79 Å². The van der Waals surface area contributed by atoms with Gasteiger partial charge in [-0.1, -0.05) is 31.2 Å². The lowest BCUT2D eigenvalue weighted by Crippen LogP contribution is -2.59. The van der Waals surface area contributed by atoms with Gasteiger partial charge in [0.25, 0.3) is 0 Å². The van der Waals surface area contributed by atoms with Crippen LogP contribution in [-0.4, -0.2) is 36.5 Å².